The molecule has 0 fully saturated rings. The van der Waals surface area contributed by atoms with Crippen LogP contribution in [0.2, 0.25) is 0 Å². The normalized spacial score (nSPS) is 14.3. The maximum Gasteiger partial charge on any atom is 0.329 e. The van der Waals surface area contributed by atoms with Gasteiger partial charge in [-0.1, -0.05) is 6.07 Å². The van der Waals surface area contributed by atoms with Crippen molar-refractivity contribution in [3.63, 3.8) is 0 Å². The van der Waals surface area contributed by atoms with E-state index in [2.05, 4.69) is 0 Å². The third kappa shape index (κ3) is 3.47. The fourth-order valence-electron chi connectivity index (χ4n) is 2.17. The van der Waals surface area contributed by atoms with Gasteiger partial charge >= 0.3 is 5.97 Å². The van der Waals surface area contributed by atoms with Crippen LogP contribution >= 0.6 is 0 Å². The van der Waals surface area contributed by atoms with E-state index in [9.17, 15) is 13.2 Å². The zero-order chi connectivity index (χ0) is 14.8. The van der Waals surface area contributed by atoms with E-state index in [1.54, 1.807) is 12.1 Å². The Morgan fingerprint density at radius 3 is 2.85 bits per heavy atom. The first-order chi connectivity index (χ1) is 9.38. The van der Waals surface area contributed by atoms with Crippen LogP contribution in [0, 0.1) is 0 Å². The molecule has 0 saturated carbocycles. The van der Waals surface area contributed by atoms with Gasteiger partial charge in [0.2, 0.25) is 10.0 Å². The van der Waals surface area contributed by atoms with Gasteiger partial charge in [0.15, 0.2) is 0 Å². The van der Waals surface area contributed by atoms with E-state index in [0.29, 0.717) is 6.54 Å². The van der Waals surface area contributed by atoms with Crippen LogP contribution in [-0.4, -0.2) is 45.8 Å². The lowest BCUT2D eigenvalue weighted by Gasteiger charge is -2.19. The molecule has 0 spiro atoms. The molecule has 0 saturated heterocycles. The second-order valence-electron chi connectivity index (χ2n) is 4.52. The summed E-state index contributed by atoms with van der Waals surface area (Å²) in [4.78, 5) is 12.4. The van der Waals surface area contributed by atoms with E-state index in [1.807, 2.05) is 4.90 Å². The molecule has 0 bridgehead atoms. The number of fused-ring (bicyclic) bond motifs is 1. The highest BCUT2D eigenvalue weighted by Gasteiger charge is 2.21. The molecule has 0 amide bonds. The van der Waals surface area contributed by atoms with Gasteiger partial charge in [-0.2, -0.15) is 0 Å². The Morgan fingerprint density at radius 2 is 2.20 bits per heavy atom. The lowest BCUT2D eigenvalue weighted by Crippen LogP contribution is -2.26. The molecule has 1 aliphatic heterocycles. The summed E-state index contributed by atoms with van der Waals surface area (Å²) in [6.07, 6.45) is 0.819. The van der Waals surface area contributed by atoms with E-state index in [1.165, 1.54) is 6.07 Å². The van der Waals surface area contributed by atoms with E-state index in [4.69, 9.17) is 15.0 Å². The highest BCUT2D eigenvalue weighted by Crippen LogP contribution is 2.29. The van der Waals surface area contributed by atoms with E-state index in [-0.39, 0.29) is 18.1 Å². The number of nitrogens with two attached hydrogens (primary N) is 1. The number of carboxylic acids is 1. The van der Waals surface area contributed by atoms with Crippen molar-refractivity contribution in [2.45, 2.75) is 11.3 Å². The highest BCUT2D eigenvalue weighted by atomic mass is 32.2. The summed E-state index contributed by atoms with van der Waals surface area (Å²) in [6.45, 7) is 1.19. The van der Waals surface area contributed by atoms with Crippen molar-refractivity contribution in [3.05, 3.63) is 23.8 Å². The summed E-state index contributed by atoms with van der Waals surface area (Å²) in [5, 5.41) is 13.6. The highest BCUT2D eigenvalue weighted by molar-refractivity contribution is 7.89. The monoisotopic (exact) mass is 300 g/mol. The SMILES string of the molecule is NS(=O)(=O)c1ccc2c(c1)N(CCOCC(=O)O)CC2. The van der Waals surface area contributed by atoms with Crippen molar-refractivity contribution < 1.29 is 23.1 Å². The number of rotatable bonds is 6. The van der Waals surface area contributed by atoms with Crippen molar-refractivity contribution in [2.24, 2.45) is 5.14 Å². The number of aliphatic carboxylic acids is 1. The van der Waals surface area contributed by atoms with Gasteiger partial charge in [0.05, 0.1) is 11.5 Å². The van der Waals surface area contributed by atoms with E-state index in [0.717, 1.165) is 24.2 Å². The number of ether oxygens (including phenoxy) is 1. The minimum Gasteiger partial charge on any atom is -0.480 e. The summed E-state index contributed by atoms with van der Waals surface area (Å²) in [5.74, 6) is -1.01. The molecule has 0 atom stereocenters. The smallest absolute Gasteiger partial charge is 0.329 e. The van der Waals surface area contributed by atoms with Crippen LogP contribution in [0.4, 0.5) is 5.69 Å². The Hall–Kier alpha value is -1.64. The number of anilines is 1. The van der Waals surface area contributed by atoms with Crippen LogP contribution in [0.15, 0.2) is 23.1 Å². The molecule has 0 aliphatic carbocycles. The molecule has 1 heterocycles. The number of carbonyl (C=O) groups is 1. The molecule has 20 heavy (non-hydrogen) atoms. The Kier molecular flexibility index (Phi) is 4.26. The lowest BCUT2D eigenvalue weighted by molar-refractivity contribution is -0.142. The summed E-state index contributed by atoms with van der Waals surface area (Å²) in [5.41, 5.74) is 1.87. The molecule has 8 heteroatoms. The fraction of sp³-hybridized carbons (Fsp3) is 0.417. The number of benzene rings is 1. The minimum atomic E-state index is -3.72. The van der Waals surface area contributed by atoms with E-state index < -0.39 is 16.0 Å². The first-order valence-corrected chi connectivity index (χ1v) is 7.63. The summed E-state index contributed by atoms with van der Waals surface area (Å²) in [6, 6.07) is 4.81. The van der Waals surface area contributed by atoms with E-state index >= 15 is 0 Å². The van der Waals surface area contributed by atoms with Crippen LogP contribution < -0.4 is 10.0 Å². The molecule has 1 aromatic carbocycles. The molecule has 0 aromatic heterocycles. The first-order valence-electron chi connectivity index (χ1n) is 6.08. The topological polar surface area (TPSA) is 110 Å². The number of hydrogen-bond donors (Lipinski definition) is 2. The second-order valence-corrected chi connectivity index (χ2v) is 6.08. The number of hydrogen-bond acceptors (Lipinski definition) is 5. The summed E-state index contributed by atoms with van der Waals surface area (Å²) < 4.78 is 27.7. The summed E-state index contributed by atoms with van der Waals surface area (Å²) >= 11 is 0. The molecule has 1 aliphatic rings. The number of carboxylic acid groups (broad SMARTS) is 1. The fourth-order valence-corrected chi connectivity index (χ4v) is 2.70. The van der Waals surface area contributed by atoms with Crippen molar-refractivity contribution in [2.75, 3.05) is 31.2 Å². The summed E-state index contributed by atoms with van der Waals surface area (Å²) in [7, 11) is -3.72. The van der Waals surface area contributed by atoms with Crippen LogP contribution in [0.1, 0.15) is 5.56 Å². The van der Waals surface area contributed by atoms with Crippen LogP contribution in [-0.2, 0) is 26.0 Å². The standard InChI is InChI=1S/C12H16N2O5S/c13-20(17,18)10-2-1-9-3-4-14(11(9)7-10)5-6-19-8-12(15)16/h1-2,7H,3-6,8H2,(H,15,16)(H2,13,17,18). The second kappa shape index (κ2) is 5.78. The predicted molar refractivity (Wildman–Crippen MR) is 72.2 cm³/mol. The first kappa shape index (κ1) is 14.8. The van der Waals surface area contributed by atoms with Gasteiger partial charge in [0.1, 0.15) is 6.61 Å². The third-order valence-electron chi connectivity index (χ3n) is 3.11. The number of primary sulfonamides is 1. The molecule has 2 rings (SSSR count). The van der Waals surface area contributed by atoms with Crippen LogP contribution in [0.5, 0.6) is 0 Å². The molecule has 3 N–H and O–H groups in total. The molecule has 1 aromatic rings. The molecule has 0 unspecified atom stereocenters. The van der Waals surface area contributed by atoms with Crippen LogP contribution in [0.3, 0.4) is 0 Å². The van der Waals surface area contributed by atoms with Crippen molar-refractivity contribution in [3.8, 4) is 0 Å². The van der Waals surface area contributed by atoms with Crippen molar-refractivity contribution in [1.82, 2.24) is 0 Å². The van der Waals surface area contributed by atoms with Gasteiger partial charge in [-0.3, -0.25) is 0 Å². The molecular weight excluding hydrogens is 284 g/mol. The zero-order valence-corrected chi connectivity index (χ0v) is 11.6. The third-order valence-corrected chi connectivity index (χ3v) is 4.02. The van der Waals surface area contributed by atoms with Gasteiger partial charge in [-0.05, 0) is 24.1 Å². The average molecular weight is 300 g/mol. The Morgan fingerprint density at radius 1 is 1.45 bits per heavy atom. The molecule has 110 valence electrons. The predicted octanol–water partition coefficient (Wildman–Crippen LogP) is -0.202. The maximum absolute atomic E-state index is 11.3. The zero-order valence-electron chi connectivity index (χ0n) is 10.8. The average Bonchev–Trinajstić information content (AvgIpc) is 2.76. The Labute approximate surface area is 117 Å². The molecule has 0 radical (unpaired) electrons. The minimum absolute atomic E-state index is 0.0783. The largest absolute Gasteiger partial charge is 0.480 e. The van der Waals surface area contributed by atoms with Crippen LogP contribution in [0.25, 0.3) is 0 Å². The number of nitrogens with zero attached hydrogens (tertiary/aromatic N) is 1. The molecular formula is C12H16N2O5S. The van der Waals surface area contributed by atoms with Crippen molar-refractivity contribution in [1.29, 1.82) is 0 Å². The van der Waals surface area contributed by atoms with Gasteiger partial charge < -0.3 is 14.7 Å². The maximum atomic E-state index is 11.3. The lowest BCUT2D eigenvalue weighted by atomic mass is 10.2. The Balaban J connectivity index is 2.05. The number of sulfonamides is 1. The quantitative estimate of drug-likeness (QED) is 0.704. The van der Waals surface area contributed by atoms with Gasteiger partial charge in [0, 0.05) is 18.8 Å². The Bertz CT molecular complexity index is 614. The van der Waals surface area contributed by atoms with Gasteiger partial charge in [-0.25, -0.2) is 18.4 Å². The van der Waals surface area contributed by atoms with Gasteiger partial charge in [0.25, 0.3) is 0 Å². The van der Waals surface area contributed by atoms with Crippen molar-refractivity contribution >= 4 is 21.7 Å². The molecule has 7 nitrogen and oxygen atoms in total. The van der Waals surface area contributed by atoms with Gasteiger partial charge in [-0.15, -0.1) is 0 Å².